The summed E-state index contributed by atoms with van der Waals surface area (Å²) < 4.78 is 24.5. The highest BCUT2D eigenvalue weighted by atomic mass is 16.6. The largest absolute Gasteiger partial charge is 0.492 e. The number of rotatable bonds is 29. The van der Waals surface area contributed by atoms with Crippen LogP contribution in [0.15, 0.2) is 109 Å². The number of ketones is 1. The van der Waals surface area contributed by atoms with Gasteiger partial charge in [0.1, 0.15) is 89.0 Å². The van der Waals surface area contributed by atoms with Crippen molar-refractivity contribution in [3.8, 4) is 11.5 Å². The highest BCUT2D eigenvalue weighted by Crippen LogP contribution is 2.32. The van der Waals surface area contributed by atoms with Crippen molar-refractivity contribution in [2.45, 2.75) is 264 Å². The molecule has 0 aliphatic carbocycles. The summed E-state index contributed by atoms with van der Waals surface area (Å²) in [5, 5.41) is 25.9. The number of amides is 12. The number of aromatic nitrogens is 1. The first kappa shape index (κ1) is 101. The van der Waals surface area contributed by atoms with Gasteiger partial charge in [-0.05, 0) is 159 Å². The zero-order valence-electron chi connectivity index (χ0n) is 76.5. The molecule has 0 spiro atoms. The van der Waals surface area contributed by atoms with Crippen molar-refractivity contribution in [3.05, 3.63) is 132 Å². The summed E-state index contributed by atoms with van der Waals surface area (Å²) in [6, 6.07) is 16.9. The number of nitrogens with one attached hydrogen (secondary N) is 9. The molecular weight excluding hydrogens is 1630 g/mol. The van der Waals surface area contributed by atoms with Crippen LogP contribution in [0.4, 0.5) is 9.59 Å². The van der Waals surface area contributed by atoms with Crippen LogP contribution >= 0.6 is 0 Å². The van der Waals surface area contributed by atoms with Gasteiger partial charge < -0.3 is 87.2 Å². The summed E-state index contributed by atoms with van der Waals surface area (Å²) in [5.74, 6) is -8.32. The summed E-state index contributed by atoms with van der Waals surface area (Å²) in [5.41, 5.74) is 5.44. The summed E-state index contributed by atoms with van der Waals surface area (Å²) >= 11 is 0. The third-order valence-corrected chi connectivity index (χ3v) is 22.7. The first-order chi connectivity index (χ1) is 60.1. The molecule has 33 nitrogen and oxygen atoms in total. The fraction of sp³-hybridized carbons (Fsp3) is 0.574. The Kier molecular flexibility index (Phi) is 37.6. The van der Waals surface area contributed by atoms with Crippen LogP contribution < -0.4 is 63.1 Å². The number of hydrogen-bond acceptors (Lipinski definition) is 20. The van der Waals surface area contributed by atoms with Gasteiger partial charge in [-0.15, -0.1) is 0 Å². The van der Waals surface area contributed by atoms with E-state index < -0.39 is 155 Å². The Morgan fingerprint density at radius 1 is 0.528 bits per heavy atom. The monoisotopic (exact) mass is 1760 g/mol. The van der Waals surface area contributed by atoms with E-state index in [4.69, 9.17) is 24.7 Å². The molecule has 3 fully saturated rings. The zero-order valence-corrected chi connectivity index (χ0v) is 76.5. The molecule has 694 valence electrons. The van der Waals surface area contributed by atoms with Crippen LogP contribution in [0, 0.1) is 5.41 Å². The van der Waals surface area contributed by atoms with Gasteiger partial charge in [0.05, 0.1) is 25.2 Å². The zero-order chi connectivity index (χ0) is 92.9. The molecule has 12 amide bonds. The molecule has 3 aliphatic heterocycles. The molecule has 11 N–H and O–H groups in total. The Bertz CT molecular complexity index is 4580. The highest BCUT2D eigenvalue weighted by Gasteiger charge is 2.43. The van der Waals surface area contributed by atoms with E-state index in [1.807, 2.05) is 53.4 Å². The van der Waals surface area contributed by atoms with Crippen molar-refractivity contribution in [2.24, 2.45) is 11.1 Å². The molecule has 1 aromatic heterocycles. The van der Waals surface area contributed by atoms with E-state index >= 15 is 33.6 Å². The molecule has 8 atom stereocenters. The van der Waals surface area contributed by atoms with Gasteiger partial charge in [-0.25, -0.2) is 9.59 Å². The Morgan fingerprint density at radius 2 is 1.06 bits per heavy atom. The smallest absolute Gasteiger partial charge is 0.419 e. The van der Waals surface area contributed by atoms with Crippen LogP contribution in [-0.2, 0) is 92.7 Å². The normalized spacial score (nSPS) is 20.8. The lowest BCUT2D eigenvalue weighted by Crippen LogP contribution is -2.60. The van der Waals surface area contributed by atoms with E-state index in [0.717, 1.165) is 4.90 Å². The first-order valence-corrected chi connectivity index (χ1v) is 44.6. The topological polar surface area (TPSA) is 428 Å². The van der Waals surface area contributed by atoms with Crippen molar-refractivity contribution < 1.29 is 86.1 Å². The van der Waals surface area contributed by atoms with Crippen LogP contribution in [0.1, 0.15) is 196 Å². The average Bonchev–Trinajstić information content (AvgIpc) is 1.63. The Morgan fingerprint density at radius 3 is 1.68 bits per heavy atom. The van der Waals surface area contributed by atoms with Crippen molar-refractivity contribution in [2.75, 3.05) is 79.1 Å². The SMILES string of the molecule is CCCCC[C@@H]1NC(=O)[C@H](Cc2ccc(OCCN)cc2)NC(=O)[C@H](Cc2ccccc2)N(C)C(=O)CNC(=O)[C@H](CCCCNC(=O)N2CCN(CC(=O)OC(C)(C)C)CC2)NC(=O)[C@H]2CCCN2C(=O)[C@H](CC(=O)CC(C)(CC)CC)NC(=O)[C@H](Cc2ccc(OC(C)(C)C)cc2)NC(=O)CNC(=O)[C@H](Cc2cn(C(=O)OC(C)(C)C)c3ccccc23)NC1=O. The van der Waals surface area contributed by atoms with Crippen LogP contribution in [0.3, 0.4) is 0 Å². The third-order valence-electron chi connectivity index (χ3n) is 22.7. The Balaban J connectivity index is 1.20. The maximum Gasteiger partial charge on any atom is 0.419 e. The van der Waals surface area contributed by atoms with Gasteiger partial charge in [0.25, 0.3) is 0 Å². The fourth-order valence-corrected chi connectivity index (χ4v) is 15.4. The number of nitrogens with two attached hydrogens (primary N) is 1. The number of benzene rings is 4. The fourth-order valence-electron chi connectivity index (χ4n) is 15.4. The molecule has 3 saturated heterocycles. The number of ether oxygens (including phenoxy) is 4. The lowest BCUT2D eigenvalue weighted by molar-refractivity contribution is -0.156. The quantitative estimate of drug-likeness (QED) is 0.0174. The molecule has 3 aliphatic rings. The number of unbranched alkanes of at least 4 members (excludes halogenated alkanes) is 3. The van der Waals surface area contributed by atoms with Gasteiger partial charge in [0, 0.05) is 103 Å². The molecule has 4 heterocycles. The number of hydrogen-bond donors (Lipinski definition) is 10. The average molecular weight is 1760 g/mol. The predicted octanol–water partition coefficient (Wildman–Crippen LogP) is 6.78. The van der Waals surface area contributed by atoms with Crippen LogP contribution in [0.25, 0.3) is 10.9 Å². The van der Waals surface area contributed by atoms with Crippen molar-refractivity contribution >= 4 is 93.9 Å². The molecule has 0 radical (unpaired) electrons. The number of carbonyl (C=O) groups excluding carboxylic acids is 14. The summed E-state index contributed by atoms with van der Waals surface area (Å²) in [6.07, 6.45) is 2.90. The second-order valence-electron chi connectivity index (χ2n) is 36.5. The minimum atomic E-state index is -1.65. The van der Waals surface area contributed by atoms with E-state index in [0.29, 0.717) is 109 Å². The molecule has 5 aromatic rings. The summed E-state index contributed by atoms with van der Waals surface area (Å²) in [6.45, 7) is 24.4. The summed E-state index contributed by atoms with van der Waals surface area (Å²) in [4.78, 5) is 214. The van der Waals surface area contributed by atoms with Crippen molar-refractivity contribution in [3.63, 3.8) is 0 Å². The number of para-hydroxylation sites is 1. The predicted molar refractivity (Wildman–Crippen MR) is 480 cm³/mol. The van der Waals surface area contributed by atoms with E-state index in [1.165, 1.54) is 22.7 Å². The number of piperazine rings is 1. The molecule has 8 rings (SSSR count). The van der Waals surface area contributed by atoms with Gasteiger partial charge in [-0.2, -0.15) is 0 Å². The minimum absolute atomic E-state index is 0.00205. The maximum atomic E-state index is 15.6. The Hall–Kier alpha value is -11.5. The van der Waals surface area contributed by atoms with Crippen molar-refractivity contribution in [1.29, 1.82) is 0 Å². The van der Waals surface area contributed by atoms with Crippen LogP contribution in [-0.4, -0.2) is 251 Å². The van der Waals surface area contributed by atoms with E-state index in [2.05, 4.69) is 47.9 Å². The molecule has 4 aromatic carbocycles. The second-order valence-corrected chi connectivity index (χ2v) is 36.5. The van der Waals surface area contributed by atoms with E-state index in [-0.39, 0.29) is 115 Å². The van der Waals surface area contributed by atoms with Gasteiger partial charge in [0.15, 0.2) is 0 Å². The molecule has 127 heavy (non-hydrogen) atoms. The van der Waals surface area contributed by atoms with Crippen molar-refractivity contribution in [1.82, 2.24) is 72.0 Å². The van der Waals surface area contributed by atoms with E-state index in [1.54, 1.807) is 150 Å². The number of Topliss-reactive ketones (excluding diaryl/α,β-unsaturated/α-hetero) is 1. The van der Waals surface area contributed by atoms with Gasteiger partial charge >= 0.3 is 18.1 Å². The third kappa shape index (κ3) is 32.1. The lowest BCUT2D eigenvalue weighted by Gasteiger charge is -2.34. The molecule has 0 unspecified atom stereocenters. The molecule has 0 bridgehead atoms. The van der Waals surface area contributed by atoms with Gasteiger partial charge in [-0.3, -0.25) is 67.0 Å². The number of fused-ring (bicyclic) bond motifs is 2. The molecule has 0 saturated carbocycles. The number of esters is 1. The number of urea groups is 1. The highest BCUT2D eigenvalue weighted by molar-refractivity contribution is 6.01. The van der Waals surface area contributed by atoms with Gasteiger partial charge in [-0.1, -0.05) is 133 Å². The number of nitrogens with zero attached hydrogens (tertiary/aromatic N) is 5. The van der Waals surface area contributed by atoms with E-state index in [9.17, 15) is 33.6 Å². The Labute approximate surface area is 746 Å². The first-order valence-electron chi connectivity index (χ1n) is 44.6. The van der Waals surface area contributed by atoms with Crippen LogP contribution in [0.5, 0.6) is 11.5 Å². The molecular formula is C94H135N15O18. The molecule has 33 heteroatoms. The second kappa shape index (κ2) is 47.4. The van der Waals surface area contributed by atoms with Crippen LogP contribution in [0.2, 0.25) is 0 Å². The minimum Gasteiger partial charge on any atom is -0.492 e. The van der Waals surface area contributed by atoms with Gasteiger partial charge in [0.2, 0.25) is 59.1 Å². The standard InChI is InChI=1S/C94H135N15O18/c1-15-18-20-31-70-83(116)102-73(54-64-59-109(90(123)127-93(10,11)12)75-33-24-23-30-68(64)75)82(115)97-57-78(111)99-71(51-63-37-41-67(42-38-63)125-91(4,5)6)84(117)104-74(55-65(110)56-94(13,16-2)17-3)88(121)108-45-27-34-76(108)86(119)101-69(32-25-26-44-96-89(122)107-48-46-106(47-49-107)60-80(113)126-92(7,8)9)81(114)98-58-79(112)105(14)77(53-61-28-21-19-22-29-61)87(120)103-72(85(118)100-70)52-62-35-39-66(40-36-62)124-50-43-95/h19,21-24,28-30,33,35-42,59,69-74,76-77H,15-18,20,25-27,31-32,34,43-58,60,95H2,1-14H3,(H,96,122)(H,97,115)(H,98,114)(H,99,111)(H,100,118)(H,101,119)(H,102,116)(H,103,120)(H,104,117)/t69-,70-,71-,72-,73-,74-,76+,77-/m0/s1. The summed E-state index contributed by atoms with van der Waals surface area (Å²) in [7, 11) is 1.36. The lowest BCUT2D eigenvalue weighted by atomic mass is 9.79. The number of carbonyl (C=O) groups is 14. The maximum absolute atomic E-state index is 15.6. The number of likely N-dealkylation sites (N-methyl/N-ethyl adjacent to an activating group) is 1.